The fourth-order valence-electron chi connectivity index (χ4n) is 3.82. The second-order valence-electron chi connectivity index (χ2n) is 7.52. The van der Waals surface area contributed by atoms with Crippen LogP contribution in [0.5, 0.6) is 0 Å². The van der Waals surface area contributed by atoms with Crippen molar-refractivity contribution in [1.29, 1.82) is 0 Å². The SMILES string of the molecule is CCNC(=NCCCCCOC)N1CCN(C(C)C(=O)N2CCCC2)CC1.I. The van der Waals surface area contributed by atoms with Gasteiger partial charge in [0.2, 0.25) is 5.91 Å². The van der Waals surface area contributed by atoms with E-state index in [1.54, 1.807) is 7.11 Å². The first kappa shape index (κ1) is 25.4. The lowest BCUT2D eigenvalue weighted by Gasteiger charge is -2.39. The molecule has 0 bridgehead atoms. The lowest BCUT2D eigenvalue weighted by Crippen LogP contribution is -2.57. The van der Waals surface area contributed by atoms with Gasteiger partial charge in [-0.2, -0.15) is 0 Å². The number of aliphatic imine (C=N–C) groups is 1. The van der Waals surface area contributed by atoms with Crippen molar-refractivity contribution in [2.45, 2.75) is 52.0 Å². The summed E-state index contributed by atoms with van der Waals surface area (Å²) >= 11 is 0. The monoisotopic (exact) mass is 509 g/mol. The molecule has 0 aromatic rings. The quantitative estimate of drug-likeness (QED) is 0.223. The fourth-order valence-corrected chi connectivity index (χ4v) is 3.82. The van der Waals surface area contributed by atoms with E-state index in [2.05, 4.69) is 29.0 Å². The van der Waals surface area contributed by atoms with E-state index in [1.807, 2.05) is 4.90 Å². The Hall–Kier alpha value is -0.610. The van der Waals surface area contributed by atoms with Gasteiger partial charge in [-0.3, -0.25) is 14.7 Å². The van der Waals surface area contributed by atoms with Crippen molar-refractivity contribution in [3.63, 3.8) is 0 Å². The molecule has 1 N–H and O–H groups in total. The lowest BCUT2D eigenvalue weighted by atomic mass is 10.2. The third-order valence-electron chi connectivity index (χ3n) is 5.54. The molecule has 1 unspecified atom stereocenters. The number of nitrogens with zero attached hydrogens (tertiary/aromatic N) is 4. The van der Waals surface area contributed by atoms with E-state index in [-0.39, 0.29) is 30.0 Å². The summed E-state index contributed by atoms with van der Waals surface area (Å²) in [4.78, 5) is 24.1. The smallest absolute Gasteiger partial charge is 0.239 e. The lowest BCUT2D eigenvalue weighted by molar-refractivity contribution is -0.135. The summed E-state index contributed by atoms with van der Waals surface area (Å²) in [6.45, 7) is 12.3. The minimum Gasteiger partial charge on any atom is -0.385 e. The molecule has 0 aromatic heterocycles. The van der Waals surface area contributed by atoms with Gasteiger partial charge in [-0.1, -0.05) is 0 Å². The van der Waals surface area contributed by atoms with Gasteiger partial charge in [-0.25, -0.2) is 0 Å². The second-order valence-corrected chi connectivity index (χ2v) is 7.52. The van der Waals surface area contributed by atoms with E-state index in [1.165, 1.54) is 0 Å². The van der Waals surface area contributed by atoms with Crippen molar-refractivity contribution in [1.82, 2.24) is 20.0 Å². The van der Waals surface area contributed by atoms with Crippen LogP contribution in [0.3, 0.4) is 0 Å². The number of guanidine groups is 1. The molecule has 2 fully saturated rings. The van der Waals surface area contributed by atoms with Crippen LogP contribution in [-0.2, 0) is 9.53 Å². The zero-order valence-corrected chi connectivity index (χ0v) is 20.3. The van der Waals surface area contributed by atoms with Crippen LogP contribution in [0.1, 0.15) is 46.0 Å². The highest BCUT2D eigenvalue weighted by atomic mass is 127. The Morgan fingerprint density at radius 3 is 2.32 bits per heavy atom. The van der Waals surface area contributed by atoms with Gasteiger partial charge in [0.1, 0.15) is 0 Å². The standard InChI is InChI=1S/C20H39N5O2.HI/c1-4-21-20(22-10-6-5-9-17-27-3)25-15-13-23(14-16-25)18(2)19(26)24-11-7-8-12-24;/h18H,4-17H2,1-3H3,(H,21,22);1H. The first-order valence-electron chi connectivity index (χ1n) is 10.7. The number of carbonyl (C=O) groups is 1. The normalized spacial score (nSPS) is 19.5. The summed E-state index contributed by atoms with van der Waals surface area (Å²) in [6, 6.07) is -0.00874. The van der Waals surface area contributed by atoms with Crippen LogP contribution in [0, 0.1) is 0 Å². The van der Waals surface area contributed by atoms with E-state index in [4.69, 9.17) is 9.73 Å². The minimum absolute atomic E-state index is 0. The molecule has 2 aliphatic heterocycles. The maximum atomic E-state index is 12.6. The summed E-state index contributed by atoms with van der Waals surface area (Å²) in [7, 11) is 1.75. The second kappa shape index (κ2) is 14.4. The van der Waals surface area contributed by atoms with Gasteiger partial charge in [0.25, 0.3) is 0 Å². The van der Waals surface area contributed by atoms with Crippen LogP contribution in [0.25, 0.3) is 0 Å². The highest BCUT2D eigenvalue weighted by Gasteiger charge is 2.30. The number of methoxy groups -OCH3 is 1. The van der Waals surface area contributed by atoms with Gasteiger partial charge >= 0.3 is 0 Å². The van der Waals surface area contributed by atoms with Gasteiger partial charge in [0.15, 0.2) is 5.96 Å². The minimum atomic E-state index is -0.00874. The number of unbranched alkanes of at least 4 members (excludes halogenated alkanes) is 2. The molecule has 0 radical (unpaired) electrons. The van der Waals surface area contributed by atoms with Crippen molar-refractivity contribution in [3.8, 4) is 0 Å². The number of carbonyl (C=O) groups excluding carboxylic acids is 1. The maximum absolute atomic E-state index is 12.6. The Bertz CT molecular complexity index is 464. The Labute approximate surface area is 188 Å². The molecule has 1 atom stereocenters. The predicted molar refractivity (Wildman–Crippen MR) is 126 cm³/mol. The molecule has 2 saturated heterocycles. The molecular weight excluding hydrogens is 469 g/mol. The number of likely N-dealkylation sites (tertiary alicyclic amines) is 1. The van der Waals surface area contributed by atoms with Crippen LogP contribution in [0.2, 0.25) is 0 Å². The van der Waals surface area contributed by atoms with Gasteiger partial charge in [0, 0.05) is 66.1 Å². The predicted octanol–water partition coefficient (Wildman–Crippen LogP) is 2.02. The van der Waals surface area contributed by atoms with E-state index >= 15 is 0 Å². The fraction of sp³-hybridized carbons (Fsp3) is 0.900. The average Bonchev–Trinajstić information content (AvgIpc) is 3.23. The first-order valence-corrected chi connectivity index (χ1v) is 10.7. The van der Waals surface area contributed by atoms with Crippen LogP contribution < -0.4 is 5.32 Å². The average molecular weight is 509 g/mol. The molecule has 2 aliphatic rings. The number of hydrogen-bond donors (Lipinski definition) is 1. The third kappa shape index (κ3) is 8.02. The molecule has 7 nitrogen and oxygen atoms in total. The van der Waals surface area contributed by atoms with Gasteiger partial charge in [0.05, 0.1) is 6.04 Å². The Kier molecular flexibility index (Phi) is 13.1. The highest BCUT2D eigenvalue weighted by Crippen LogP contribution is 2.14. The molecule has 0 saturated carbocycles. The third-order valence-corrected chi connectivity index (χ3v) is 5.54. The van der Waals surface area contributed by atoms with E-state index in [0.29, 0.717) is 5.91 Å². The topological polar surface area (TPSA) is 60.4 Å². The molecule has 164 valence electrons. The largest absolute Gasteiger partial charge is 0.385 e. The highest BCUT2D eigenvalue weighted by molar-refractivity contribution is 14.0. The van der Waals surface area contributed by atoms with Crippen molar-refractivity contribution in [2.75, 3.05) is 66.1 Å². The molecular formula is C20H40IN5O2. The molecule has 8 heteroatoms. The number of ether oxygens (including phenoxy) is 1. The van der Waals surface area contributed by atoms with Gasteiger partial charge in [-0.15, -0.1) is 24.0 Å². The van der Waals surface area contributed by atoms with Crippen LogP contribution in [0.4, 0.5) is 0 Å². The maximum Gasteiger partial charge on any atom is 0.239 e. The molecule has 2 rings (SSSR count). The Morgan fingerprint density at radius 1 is 1.04 bits per heavy atom. The first-order chi connectivity index (χ1) is 13.2. The van der Waals surface area contributed by atoms with Crippen LogP contribution >= 0.6 is 24.0 Å². The molecule has 0 aliphatic carbocycles. The van der Waals surface area contributed by atoms with Gasteiger partial charge < -0.3 is 19.9 Å². The van der Waals surface area contributed by atoms with Crippen LogP contribution in [-0.4, -0.2) is 98.7 Å². The summed E-state index contributed by atoms with van der Waals surface area (Å²) in [5.74, 6) is 1.32. The Balaban J connectivity index is 0.00000392. The van der Waals surface area contributed by atoms with Crippen molar-refractivity contribution >= 4 is 35.8 Å². The number of hydrogen-bond acceptors (Lipinski definition) is 4. The number of piperazine rings is 1. The molecule has 0 aromatic carbocycles. The van der Waals surface area contributed by atoms with E-state index < -0.39 is 0 Å². The summed E-state index contributed by atoms with van der Waals surface area (Å²) in [6.07, 6.45) is 5.66. The van der Waals surface area contributed by atoms with E-state index in [0.717, 1.165) is 97.0 Å². The zero-order chi connectivity index (χ0) is 19.5. The molecule has 2 heterocycles. The number of halogens is 1. The number of nitrogens with one attached hydrogen (secondary N) is 1. The summed E-state index contributed by atoms with van der Waals surface area (Å²) < 4.78 is 5.09. The van der Waals surface area contributed by atoms with Crippen molar-refractivity contribution in [3.05, 3.63) is 0 Å². The summed E-state index contributed by atoms with van der Waals surface area (Å²) in [5.41, 5.74) is 0. The summed E-state index contributed by atoms with van der Waals surface area (Å²) in [5, 5.41) is 3.42. The van der Waals surface area contributed by atoms with Crippen LogP contribution in [0.15, 0.2) is 4.99 Å². The zero-order valence-electron chi connectivity index (χ0n) is 18.0. The van der Waals surface area contributed by atoms with Crippen molar-refractivity contribution < 1.29 is 9.53 Å². The number of amides is 1. The van der Waals surface area contributed by atoms with Gasteiger partial charge in [-0.05, 0) is 46.0 Å². The molecule has 28 heavy (non-hydrogen) atoms. The molecule has 1 amide bonds. The van der Waals surface area contributed by atoms with Crippen molar-refractivity contribution in [2.24, 2.45) is 4.99 Å². The Morgan fingerprint density at radius 2 is 1.71 bits per heavy atom. The number of rotatable bonds is 9. The molecule has 0 spiro atoms. The van der Waals surface area contributed by atoms with E-state index in [9.17, 15) is 4.79 Å².